The van der Waals surface area contributed by atoms with Crippen LogP contribution < -0.4 is 4.72 Å². The van der Waals surface area contributed by atoms with E-state index < -0.39 is 10.0 Å². The summed E-state index contributed by atoms with van der Waals surface area (Å²) in [4.78, 5) is 17.1. The van der Waals surface area contributed by atoms with Gasteiger partial charge in [0.05, 0.1) is 18.8 Å². The van der Waals surface area contributed by atoms with E-state index in [0.717, 1.165) is 37.8 Å². The number of fused-ring (bicyclic) bond motifs is 2. The van der Waals surface area contributed by atoms with Crippen molar-refractivity contribution in [1.29, 1.82) is 0 Å². The normalized spacial score (nSPS) is 33.3. The average molecular weight is 379 g/mol. The Balaban J connectivity index is 1.62. The number of carbonyl (C=O) groups excluding carboxylic acids is 1. The van der Waals surface area contributed by atoms with Gasteiger partial charge in [-0.3, -0.25) is 9.69 Å². The summed E-state index contributed by atoms with van der Waals surface area (Å²) >= 11 is 0. The van der Waals surface area contributed by atoms with Crippen LogP contribution in [0.25, 0.3) is 0 Å². The van der Waals surface area contributed by atoms with Gasteiger partial charge in [0.25, 0.3) is 0 Å². The highest BCUT2D eigenvalue weighted by molar-refractivity contribution is 7.88. The van der Waals surface area contributed by atoms with E-state index in [-0.39, 0.29) is 36.2 Å². The van der Waals surface area contributed by atoms with Crippen LogP contribution in [0.1, 0.15) is 24.3 Å². The number of benzene rings is 1. The molecule has 4 aliphatic heterocycles. The van der Waals surface area contributed by atoms with Crippen LogP contribution in [0, 0.1) is 5.92 Å². The van der Waals surface area contributed by atoms with Gasteiger partial charge in [0.15, 0.2) is 0 Å². The second kappa shape index (κ2) is 6.51. The predicted octanol–water partition coefficient (Wildman–Crippen LogP) is 0.330. The van der Waals surface area contributed by atoms with E-state index in [2.05, 4.69) is 9.62 Å². The highest BCUT2D eigenvalue weighted by atomic mass is 32.2. The summed E-state index contributed by atoms with van der Waals surface area (Å²) in [6.45, 7) is 2.47. The molecule has 7 nitrogen and oxygen atoms in total. The summed E-state index contributed by atoms with van der Waals surface area (Å²) in [6, 6.07) is 7.65. The molecule has 1 amide bonds. The topological polar surface area (TPSA) is 90.0 Å². The molecule has 0 spiro atoms. The molecule has 26 heavy (non-hydrogen) atoms. The monoisotopic (exact) mass is 379 g/mol. The summed E-state index contributed by atoms with van der Waals surface area (Å²) in [7, 11) is -3.40. The average Bonchev–Trinajstić information content (AvgIpc) is 3.03. The van der Waals surface area contributed by atoms with Crippen LogP contribution >= 0.6 is 0 Å². The van der Waals surface area contributed by atoms with Gasteiger partial charge in [-0.1, -0.05) is 12.1 Å². The van der Waals surface area contributed by atoms with Crippen molar-refractivity contribution >= 4 is 15.9 Å². The van der Waals surface area contributed by atoms with Crippen LogP contribution in [0.5, 0.6) is 5.75 Å². The van der Waals surface area contributed by atoms with Gasteiger partial charge in [-0.25, -0.2) is 13.1 Å². The Labute approximate surface area is 154 Å². The van der Waals surface area contributed by atoms with Crippen LogP contribution in [0.3, 0.4) is 0 Å². The quantitative estimate of drug-likeness (QED) is 0.787. The predicted molar refractivity (Wildman–Crippen MR) is 97.3 cm³/mol. The number of aromatic hydroxyl groups is 1. The minimum atomic E-state index is -3.40. The highest BCUT2D eigenvalue weighted by Crippen LogP contribution is 2.46. The molecule has 0 saturated carbocycles. The third-order valence-electron chi connectivity index (χ3n) is 6.10. The molecule has 0 unspecified atom stereocenters. The zero-order chi connectivity index (χ0) is 18.5. The van der Waals surface area contributed by atoms with Gasteiger partial charge in [0.1, 0.15) is 5.75 Å². The van der Waals surface area contributed by atoms with Crippen molar-refractivity contribution in [3.8, 4) is 5.75 Å². The molecule has 5 rings (SSSR count). The van der Waals surface area contributed by atoms with Gasteiger partial charge in [0, 0.05) is 18.5 Å². The number of nitrogens with one attached hydrogen (secondary N) is 1. The highest BCUT2D eigenvalue weighted by Gasteiger charge is 2.54. The number of hydrogen-bond acceptors (Lipinski definition) is 5. The first kappa shape index (κ1) is 17.8. The zero-order valence-corrected chi connectivity index (χ0v) is 15.7. The van der Waals surface area contributed by atoms with E-state index >= 15 is 0 Å². The largest absolute Gasteiger partial charge is 0.508 e. The fraction of sp³-hybridized carbons (Fsp3) is 0.611. The molecule has 3 atom stereocenters. The molecular formula is C18H25N3O4S. The Hall–Kier alpha value is -1.64. The Morgan fingerprint density at radius 2 is 2.00 bits per heavy atom. The molecular weight excluding hydrogens is 354 g/mol. The number of phenols is 1. The molecule has 0 aliphatic carbocycles. The second-order valence-corrected chi connectivity index (χ2v) is 9.53. The van der Waals surface area contributed by atoms with Crippen LogP contribution in [-0.2, 0) is 14.8 Å². The van der Waals surface area contributed by atoms with Crippen molar-refractivity contribution < 1.29 is 18.3 Å². The van der Waals surface area contributed by atoms with Gasteiger partial charge < -0.3 is 10.0 Å². The molecule has 1 aromatic rings. The Morgan fingerprint density at radius 1 is 1.27 bits per heavy atom. The molecule has 4 fully saturated rings. The number of carbonyl (C=O) groups is 1. The minimum Gasteiger partial charge on any atom is -0.508 e. The number of rotatable bonds is 4. The SMILES string of the molecule is CS(=O)(=O)NCC(=O)N1C[C@@H](c2cccc(O)c2)[C@@H]2[C@H]1C1CCN2CC1. The van der Waals surface area contributed by atoms with E-state index in [9.17, 15) is 18.3 Å². The maximum absolute atomic E-state index is 12.8. The standard InChI is InChI=1S/C18H25N3O4S/c1-26(24,25)19-10-16(23)21-11-15(13-3-2-4-14(22)9-13)18-17(21)12-5-7-20(18)8-6-12/h2-4,9,12,15,17-19,22H,5-8,10-11H2,1H3/t15-,17+,18+/m0/s1. The Kier molecular flexibility index (Phi) is 4.45. The zero-order valence-electron chi connectivity index (χ0n) is 14.8. The van der Waals surface area contributed by atoms with Crippen LogP contribution in [0.2, 0.25) is 0 Å². The number of nitrogens with zero attached hydrogens (tertiary/aromatic N) is 2. The van der Waals surface area contributed by atoms with Crippen molar-refractivity contribution in [2.45, 2.75) is 30.8 Å². The fourth-order valence-electron chi connectivity index (χ4n) is 5.05. The molecule has 4 aliphatic rings. The molecule has 2 bridgehead atoms. The van der Waals surface area contributed by atoms with Crippen molar-refractivity contribution in [3.63, 3.8) is 0 Å². The maximum Gasteiger partial charge on any atom is 0.237 e. The van der Waals surface area contributed by atoms with Crippen LogP contribution in [0.15, 0.2) is 24.3 Å². The third kappa shape index (κ3) is 3.21. The minimum absolute atomic E-state index is 0.124. The lowest BCUT2D eigenvalue weighted by Gasteiger charge is -2.51. The summed E-state index contributed by atoms with van der Waals surface area (Å²) in [5.41, 5.74) is 1.04. The summed E-state index contributed by atoms with van der Waals surface area (Å²) < 4.78 is 25.1. The summed E-state index contributed by atoms with van der Waals surface area (Å²) in [6.07, 6.45) is 3.23. The fourth-order valence-corrected chi connectivity index (χ4v) is 5.43. The van der Waals surface area contributed by atoms with Crippen molar-refractivity contribution in [2.75, 3.05) is 32.4 Å². The number of amides is 1. The van der Waals surface area contributed by atoms with Crippen molar-refractivity contribution in [1.82, 2.24) is 14.5 Å². The van der Waals surface area contributed by atoms with Gasteiger partial charge in [-0.05, 0) is 49.5 Å². The lowest BCUT2D eigenvalue weighted by atomic mass is 9.75. The molecule has 2 N–H and O–H groups in total. The molecule has 4 saturated heterocycles. The summed E-state index contributed by atoms with van der Waals surface area (Å²) in [5.74, 6) is 0.673. The molecule has 1 aromatic carbocycles. The Morgan fingerprint density at radius 3 is 2.65 bits per heavy atom. The molecule has 0 aromatic heterocycles. The van der Waals surface area contributed by atoms with E-state index in [1.165, 1.54) is 0 Å². The van der Waals surface area contributed by atoms with Crippen LogP contribution in [0.4, 0.5) is 0 Å². The van der Waals surface area contributed by atoms with Crippen molar-refractivity contribution in [3.05, 3.63) is 29.8 Å². The van der Waals surface area contributed by atoms with Crippen LogP contribution in [-0.4, -0.2) is 73.7 Å². The third-order valence-corrected chi connectivity index (χ3v) is 6.77. The number of likely N-dealkylation sites (tertiary alicyclic amines) is 1. The lowest BCUT2D eigenvalue weighted by Crippen LogP contribution is -2.61. The first-order valence-electron chi connectivity index (χ1n) is 9.10. The van der Waals surface area contributed by atoms with E-state index in [1.54, 1.807) is 12.1 Å². The molecule has 142 valence electrons. The lowest BCUT2D eigenvalue weighted by molar-refractivity contribution is -0.134. The van der Waals surface area contributed by atoms with Crippen molar-refractivity contribution in [2.24, 2.45) is 5.92 Å². The van der Waals surface area contributed by atoms with E-state index in [4.69, 9.17) is 0 Å². The number of sulfonamides is 1. The first-order valence-corrected chi connectivity index (χ1v) is 11.0. The molecule has 8 heteroatoms. The maximum atomic E-state index is 12.8. The Bertz CT molecular complexity index is 804. The molecule has 4 heterocycles. The number of piperidine rings is 3. The summed E-state index contributed by atoms with van der Waals surface area (Å²) in [5, 5.41) is 9.88. The van der Waals surface area contributed by atoms with Gasteiger partial charge >= 0.3 is 0 Å². The number of phenolic OH excluding ortho intramolecular Hbond substituents is 1. The smallest absolute Gasteiger partial charge is 0.237 e. The van der Waals surface area contributed by atoms with E-state index in [0.29, 0.717) is 12.5 Å². The van der Waals surface area contributed by atoms with Gasteiger partial charge in [-0.2, -0.15) is 0 Å². The molecule has 0 radical (unpaired) electrons. The first-order chi connectivity index (χ1) is 12.3. The number of hydrogen-bond donors (Lipinski definition) is 2. The second-order valence-electron chi connectivity index (χ2n) is 7.70. The van der Waals surface area contributed by atoms with E-state index in [1.807, 2.05) is 17.0 Å². The van der Waals surface area contributed by atoms with Gasteiger partial charge in [-0.15, -0.1) is 0 Å². The van der Waals surface area contributed by atoms with Gasteiger partial charge in [0.2, 0.25) is 15.9 Å².